The summed E-state index contributed by atoms with van der Waals surface area (Å²) in [5.74, 6) is -0.554. The standard InChI is InChI=1S/C44H44N2O6/c1-28-39(26-45(3)29(2)40(48)33-11-5-4-6-12-33)51-44(52-41(28)34-18-16-30(27-47)17-19-34)35-22-20-32(21-23-35)36-13-9-10-31(24-36)25-46-42(49)37-14-7-8-15-38(37)43(46)50/h4-24,28-29,39-41,44,47-48H,25-27H2,1-3H3. The normalized spacial score (nSPS) is 21.3. The van der Waals surface area contributed by atoms with Crippen LogP contribution in [-0.4, -0.2) is 57.6 Å². The topological polar surface area (TPSA) is 99.5 Å². The molecule has 7 rings (SSSR count). The van der Waals surface area contributed by atoms with Gasteiger partial charge in [-0.1, -0.05) is 116 Å². The summed E-state index contributed by atoms with van der Waals surface area (Å²) in [5.41, 5.74) is 7.28. The van der Waals surface area contributed by atoms with Crippen molar-refractivity contribution in [3.63, 3.8) is 0 Å². The summed E-state index contributed by atoms with van der Waals surface area (Å²) >= 11 is 0. The number of aliphatic hydroxyl groups excluding tert-OH is 2. The number of ether oxygens (including phenoxy) is 2. The quantitative estimate of drug-likeness (QED) is 0.138. The number of carbonyl (C=O) groups is 2. The van der Waals surface area contributed by atoms with E-state index in [1.54, 1.807) is 24.3 Å². The maximum Gasteiger partial charge on any atom is 0.261 e. The first-order valence-corrected chi connectivity index (χ1v) is 17.8. The Kier molecular flexibility index (Phi) is 10.5. The van der Waals surface area contributed by atoms with E-state index in [1.165, 1.54) is 4.90 Å². The van der Waals surface area contributed by atoms with Crippen LogP contribution in [0.4, 0.5) is 0 Å². The van der Waals surface area contributed by atoms with Crippen molar-refractivity contribution in [2.75, 3.05) is 13.6 Å². The lowest BCUT2D eigenvalue weighted by Crippen LogP contribution is -2.46. The van der Waals surface area contributed by atoms with E-state index in [2.05, 4.69) is 11.8 Å². The van der Waals surface area contributed by atoms with Crippen LogP contribution in [0.3, 0.4) is 0 Å². The summed E-state index contributed by atoms with van der Waals surface area (Å²) < 4.78 is 13.4. The molecule has 0 aliphatic carbocycles. The average molecular weight is 697 g/mol. The Labute approximate surface area is 304 Å². The second-order valence-corrected chi connectivity index (χ2v) is 13.9. The number of benzene rings is 5. The van der Waals surface area contributed by atoms with Crippen LogP contribution in [0.25, 0.3) is 11.1 Å². The first kappa shape index (κ1) is 35.4. The Hall–Kier alpha value is -4.96. The predicted octanol–water partition coefficient (Wildman–Crippen LogP) is 7.49. The van der Waals surface area contributed by atoms with Crippen molar-refractivity contribution in [1.82, 2.24) is 9.80 Å². The van der Waals surface area contributed by atoms with Crippen LogP contribution >= 0.6 is 0 Å². The van der Waals surface area contributed by atoms with E-state index < -0.39 is 12.4 Å². The maximum absolute atomic E-state index is 13.0. The molecule has 6 unspecified atom stereocenters. The van der Waals surface area contributed by atoms with Gasteiger partial charge in [0.2, 0.25) is 0 Å². The van der Waals surface area contributed by atoms with Gasteiger partial charge >= 0.3 is 0 Å². The highest BCUT2D eigenvalue weighted by Crippen LogP contribution is 2.42. The fraction of sp³-hybridized carbons (Fsp3) is 0.273. The highest BCUT2D eigenvalue weighted by atomic mass is 16.7. The number of imide groups is 1. The molecule has 2 amide bonds. The zero-order valence-corrected chi connectivity index (χ0v) is 29.6. The van der Waals surface area contributed by atoms with Crippen molar-refractivity contribution in [2.24, 2.45) is 5.92 Å². The van der Waals surface area contributed by atoms with E-state index in [0.29, 0.717) is 17.7 Å². The lowest BCUT2D eigenvalue weighted by Gasteiger charge is -2.43. The lowest BCUT2D eigenvalue weighted by atomic mass is 9.89. The number of aliphatic hydroxyl groups is 2. The second-order valence-electron chi connectivity index (χ2n) is 13.9. The molecule has 2 aliphatic heterocycles. The molecule has 6 atom stereocenters. The molecule has 2 N–H and O–H groups in total. The van der Waals surface area contributed by atoms with Crippen LogP contribution in [0.5, 0.6) is 0 Å². The van der Waals surface area contributed by atoms with E-state index in [-0.39, 0.29) is 49.1 Å². The van der Waals surface area contributed by atoms with E-state index in [0.717, 1.165) is 38.9 Å². The number of amides is 2. The molecule has 0 aromatic heterocycles. The van der Waals surface area contributed by atoms with Crippen molar-refractivity contribution in [1.29, 1.82) is 0 Å². The van der Waals surface area contributed by atoms with Gasteiger partial charge in [-0.2, -0.15) is 0 Å². The molecule has 0 spiro atoms. The molecule has 5 aromatic carbocycles. The van der Waals surface area contributed by atoms with Gasteiger partial charge in [0.25, 0.3) is 11.8 Å². The summed E-state index contributed by atoms with van der Waals surface area (Å²) in [6, 6.07) is 40.3. The maximum atomic E-state index is 13.0. The Balaban J connectivity index is 1.10. The summed E-state index contributed by atoms with van der Waals surface area (Å²) in [6.45, 7) is 4.90. The number of rotatable bonds is 11. The predicted molar refractivity (Wildman–Crippen MR) is 199 cm³/mol. The Morgan fingerprint density at radius 1 is 0.731 bits per heavy atom. The third-order valence-electron chi connectivity index (χ3n) is 10.5. The summed E-state index contributed by atoms with van der Waals surface area (Å²) in [6.07, 6.45) is -1.77. The fourth-order valence-corrected chi connectivity index (χ4v) is 7.20. The van der Waals surface area contributed by atoms with Crippen LogP contribution in [0, 0.1) is 5.92 Å². The number of hydrogen-bond acceptors (Lipinski definition) is 7. The molecule has 52 heavy (non-hydrogen) atoms. The van der Waals surface area contributed by atoms with E-state index in [9.17, 15) is 19.8 Å². The summed E-state index contributed by atoms with van der Waals surface area (Å²) in [7, 11) is 2.01. The van der Waals surface area contributed by atoms with Crippen molar-refractivity contribution >= 4 is 11.8 Å². The molecule has 0 radical (unpaired) electrons. The zero-order chi connectivity index (χ0) is 36.4. The SMILES string of the molecule is CC1C(CN(C)C(C)C(O)c2ccccc2)OC(c2ccc(-c3cccc(CN4C(=O)c5ccccc5C4=O)c3)cc2)OC1c1ccc(CO)cc1. The molecule has 8 nitrogen and oxygen atoms in total. The van der Waals surface area contributed by atoms with Crippen LogP contribution in [0.15, 0.2) is 127 Å². The van der Waals surface area contributed by atoms with Gasteiger partial charge in [0.05, 0.1) is 42.6 Å². The van der Waals surface area contributed by atoms with Crippen molar-refractivity contribution < 1.29 is 29.3 Å². The lowest BCUT2D eigenvalue weighted by molar-refractivity contribution is -0.276. The fourth-order valence-electron chi connectivity index (χ4n) is 7.20. The number of hydrogen-bond donors (Lipinski definition) is 2. The summed E-state index contributed by atoms with van der Waals surface area (Å²) in [5, 5.41) is 20.8. The largest absolute Gasteiger partial charge is 0.392 e. The van der Waals surface area contributed by atoms with Crippen molar-refractivity contribution in [2.45, 2.75) is 57.6 Å². The molecule has 0 bridgehead atoms. The number of nitrogens with zero attached hydrogens (tertiary/aromatic N) is 2. The number of fused-ring (bicyclic) bond motifs is 1. The minimum atomic E-state index is -0.655. The third kappa shape index (κ3) is 7.21. The highest BCUT2D eigenvalue weighted by molar-refractivity contribution is 6.21. The third-order valence-corrected chi connectivity index (χ3v) is 10.5. The smallest absolute Gasteiger partial charge is 0.261 e. The molecular formula is C44H44N2O6. The van der Waals surface area contributed by atoms with Gasteiger partial charge in [0, 0.05) is 24.1 Å². The molecule has 5 aromatic rings. The van der Waals surface area contributed by atoms with Crippen molar-refractivity contribution in [3.8, 4) is 11.1 Å². The van der Waals surface area contributed by atoms with Gasteiger partial charge in [-0.25, -0.2) is 0 Å². The first-order chi connectivity index (χ1) is 25.2. The first-order valence-electron chi connectivity index (χ1n) is 17.8. The minimum Gasteiger partial charge on any atom is -0.392 e. The van der Waals surface area contributed by atoms with Gasteiger partial charge in [-0.05, 0) is 65.6 Å². The highest BCUT2D eigenvalue weighted by Gasteiger charge is 2.40. The van der Waals surface area contributed by atoms with Crippen LogP contribution in [-0.2, 0) is 22.6 Å². The van der Waals surface area contributed by atoms with Crippen LogP contribution in [0.2, 0.25) is 0 Å². The summed E-state index contributed by atoms with van der Waals surface area (Å²) in [4.78, 5) is 29.4. The molecule has 1 fully saturated rings. The van der Waals surface area contributed by atoms with Gasteiger partial charge in [-0.15, -0.1) is 0 Å². The van der Waals surface area contributed by atoms with E-state index >= 15 is 0 Å². The van der Waals surface area contributed by atoms with Gasteiger partial charge in [0.1, 0.15) is 0 Å². The van der Waals surface area contributed by atoms with Gasteiger partial charge in [-0.3, -0.25) is 19.4 Å². The Bertz CT molecular complexity index is 1980. The van der Waals surface area contributed by atoms with E-state index in [4.69, 9.17) is 9.47 Å². The molecule has 0 saturated carbocycles. The zero-order valence-electron chi connectivity index (χ0n) is 29.6. The molecule has 2 aliphatic rings. The Morgan fingerprint density at radius 2 is 1.37 bits per heavy atom. The second kappa shape index (κ2) is 15.3. The molecule has 1 saturated heterocycles. The van der Waals surface area contributed by atoms with E-state index in [1.807, 2.05) is 117 Å². The molecule has 266 valence electrons. The molecule has 2 heterocycles. The average Bonchev–Trinajstić information content (AvgIpc) is 3.43. The van der Waals surface area contributed by atoms with Crippen molar-refractivity contribution in [3.05, 3.63) is 166 Å². The Morgan fingerprint density at radius 3 is 2.02 bits per heavy atom. The monoisotopic (exact) mass is 696 g/mol. The van der Waals surface area contributed by atoms with Crippen LogP contribution in [0.1, 0.15) is 80.9 Å². The minimum absolute atomic E-state index is 0.0103. The van der Waals surface area contributed by atoms with Crippen LogP contribution < -0.4 is 0 Å². The molecule has 8 heteroatoms. The van der Waals surface area contributed by atoms with Gasteiger partial charge in [0.15, 0.2) is 6.29 Å². The number of carbonyl (C=O) groups excluding carboxylic acids is 2. The van der Waals surface area contributed by atoms with Gasteiger partial charge < -0.3 is 19.7 Å². The number of likely N-dealkylation sites (N-methyl/N-ethyl adjacent to an activating group) is 1. The molecular weight excluding hydrogens is 652 g/mol.